The van der Waals surface area contributed by atoms with Gasteiger partial charge in [0.15, 0.2) is 0 Å². The molecule has 5 nitrogen and oxygen atoms in total. The average molecular weight is 676 g/mol. The van der Waals surface area contributed by atoms with Crippen LogP contribution in [0.25, 0.3) is 20.4 Å². The lowest BCUT2D eigenvalue weighted by molar-refractivity contribution is -0.132. The predicted molar refractivity (Wildman–Crippen MR) is 149 cm³/mol. The molecule has 0 saturated carbocycles. The molecule has 1 aromatic carbocycles. The highest BCUT2D eigenvalue weighted by atomic mass is 128. The number of aromatic nitrogens is 2. The Balaban J connectivity index is 0.00000112. The van der Waals surface area contributed by atoms with Gasteiger partial charge >= 0.3 is 0 Å². The van der Waals surface area contributed by atoms with Gasteiger partial charge in [-0.25, -0.2) is 9.97 Å². The van der Waals surface area contributed by atoms with Gasteiger partial charge in [-0.2, -0.15) is 0 Å². The molecule has 1 aliphatic rings. The fraction of sp³-hybridized carbons (Fsp3) is 0.318. The van der Waals surface area contributed by atoms with Crippen LogP contribution in [-0.2, 0) is 4.79 Å². The number of thiophene rings is 1. The molecule has 5 rings (SSSR count). The van der Waals surface area contributed by atoms with E-state index in [2.05, 4.69) is 83.7 Å². The van der Waals surface area contributed by atoms with E-state index in [9.17, 15) is 4.79 Å². The summed E-state index contributed by atoms with van der Waals surface area (Å²) in [4.78, 5) is 25.4. The zero-order valence-electron chi connectivity index (χ0n) is 17.1. The van der Waals surface area contributed by atoms with E-state index in [1.165, 1.54) is 9.58 Å². The Kier molecular flexibility index (Phi) is 7.65. The lowest BCUT2D eigenvalue weighted by Gasteiger charge is -2.38. The van der Waals surface area contributed by atoms with Crippen LogP contribution in [-0.4, -0.2) is 33.4 Å². The van der Waals surface area contributed by atoms with Gasteiger partial charge in [-0.3, -0.25) is 4.79 Å². The fourth-order valence-electron chi connectivity index (χ4n) is 4.31. The molecular formula is C22H22I2N4OS2. The number of benzene rings is 1. The Labute approximate surface area is 213 Å². The first kappa shape index (κ1) is 23.1. The number of rotatable bonds is 3. The molecule has 0 spiro atoms. The van der Waals surface area contributed by atoms with E-state index < -0.39 is 0 Å². The van der Waals surface area contributed by atoms with Crippen LogP contribution in [0.1, 0.15) is 37.5 Å². The first-order valence-electron chi connectivity index (χ1n) is 10.0. The van der Waals surface area contributed by atoms with Crippen LogP contribution in [0.4, 0.5) is 11.4 Å². The van der Waals surface area contributed by atoms with Crippen LogP contribution in [0.3, 0.4) is 0 Å². The molecule has 0 bridgehead atoms. The summed E-state index contributed by atoms with van der Waals surface area (Å²) in [7, 11) is 0. The summed E-state index contributed by atoms with van der Waals surface area (Å²) >= 11 is 7.64. The van der Waals surface area contributed by atoms with Crippen LogP contribution in [0.15, 0.2) is 42.0 Å². The third-order valence-electron chi connectivity index (χ3n) is 5.82. The maximum absolute atomic E-state index is 12.0. The standard InChI is InChI=1S/C22H22N4OS2.I2/c1-13-16(4-3-9-26(13)14(2)27)21-11-17-18(7-8-23-22(17)29-21)25-15-5-6-20-19(10-15)24-12-28-20;1-2/h5-8,10-13,16H,3-4,9H2,1-2H3,(H,23,25);. The van der Waals surface area contributed by atoms with E-state index in [0.29, 0.717) is 5.92 Å². The van der Waals surface area contributed by atoms with Gasteiger partial charge in [0.25, 0.3) is 0 Å². The van der Waals surface area contributed by atoms with Crippen molar-refractivity contribution in [3.63, 3.8) is 0 Å². The first-order valence-corrected chi connectivity index (χ1v) is 18.0. The Morgan fingerprint density at radius 1 is 1.23 bits per heavy atom. The molecule has 0 aliphatic carbocycles. The summed E-state index contributed by atoms with van der Waals surface area (Å²) in [5.74, 6) is 0.535. The van der Waals surface area contributed by atoms with Crippen LogP contribution in [0, 0.1) is 0 Å². The maximum atomic E-state index is 12.0. The van der Waals surface area contributed by atoms with E-state index in [0.717, 1.165) is 46.5 Å². The first-order chi connectivity index (χ1) is 15.1. The predicted octanol–water partition coefficient (Wildman–Crippen LogP) is 7.54. The molecule has 1 aliphatic heterocycles. The number of hydrogen-bond acceptors (Lipinski definition) is 6. The van der Waals surface area contributed by atoms with Crippen LogP contribution >= 0.6 is 59.9 Å². The Hall–Kier alpha value is -1.05. The minimum atomic E-state index is 0.168. The molecule has 1 saturated heterocycles. The van der Waals surface area contributed by atoms with E-state index >= 15 is 0 Å². The number of likely N-dealkylation sites (tertiary alicyclic amines) is 1. The number of anilines is 2. The van der Waals surface area contributed by atoms with Crippen molar-refractivity contribution in [2.45, 2.75) is 38.6 Å². The molecule has 3 aromatic heterocycles. The molecule has 1 amide bonds. The van der Waals surface area contributed by atoms with Gasteiger partial charge in [-0.05, 0) is 50.1 Å². The highest BCUT2D eigenvalue weighted by Gasteiger charge is 2.31. The lowest BCUT2D eigenvalue weighted by atomic mass is 9.88. The number of hydrogen-bond donors (Lipinski definition) is 1. The Morgan fingerprint density at radius 2 is 2.06 bits per heavy atom. The number of fused-ring (bicyclic) bond motifs is 2. The Bertz CT molecular complexity index is 1210. The molecule has 1 fully saturated rings. The summed E-state index contributed by atoms with van der Waals surface area (Å²) < 4.78 is 1.19. The zero-order chi connectivity index (χ0) is 22.0. The summed E-state index contributed by atoms with van der Waals surface area (Å²) in [6.07, 6.45) is 4.02. The molecule has 31 heavy (non-hydrogen) atoms. The van der Waals surface area contributed by atoms with Gasteiger partial charge in [-0.1, -0.05) is 0 Å². The number of piperidine rings is 1. The number of amides is 1. The summed E-state index contributed by atoms with van der Waals surface area (Å²) in [6, 6.07) is 10.8. The number of nitrogens with zero attached hydrogens (tertiary/aromatic N) is 3. The number of carbonyl (C=O) groups excluding carboxylic acids is 1. The van der Waals surface area contributed by atoms with Crippen LogP contribution in [0.5, 0.6) is 0 Å². The molecule has 4 heterocycles. The molecule has 162 valence electrons. The molecule has 4 aromatic rings. The van der Waals surface area contributed by atoms with Gasteiger partial charge in [0.05, 0.1) is 21.4 Å². The van der Waals surface area contributed by atoms with Crippen molar-refractivity contribution < 1.29 is 4.79 Å². The number of halogens is 2. The SMILES string of the molecule is CC(=O)N1CCCC(c2cc3c(Nc4ccc5scnc5c4)ccnc3s2)C1C.II. The van der Waals surface area contributed by atoms with Crippen molar-refractivity contribution in [3.8, 4) is 0 Å². The second-order valence-corrected chi connectivity index (χ2v) is 9.54. The minimum Gasteiger partial charge on any atom is -0.355 e. The van der Waals surface area contributed by atoms with Crippen molar-refractivity contribution >= 4 is 97.6 Å². The molecule has 1 N–H and O–H groups in total. The number of thiazole rings is 1. The van der Waals surface area contributed by atoms with E-state index in [4.69, 9.17) is 0 Å². The van der Waals surface area contributed by atoms with Gasteiger partial charge < -0.3 is 10.2 Å². The number of carbonyl (C=O) groups is 1. The zero-order valence-corrected chi connectivity index (χ0v) is 23.1. The van der Waals surface area contributed by atoms with Crippen molar-refractivity contribution in [1.29, 1.82) is 0 Å². The highest BCUT2D eigenvalue weighted by Crippen LogP contribution is 2.40. The Morgan fingerprint density at radius 3 is 2.87 bits per heavy atom. The molecule has 9 heteroatoms. The van der Waals surface area contributed by atoms with Gasteiger partial charge in [0.1, 0.15) is 4.83 Å². The van der Waals surface area contributed by atoms with Crippen LogP contribution in [0.2, 0.25) is 0 Å². The average Bonchev–Trinajstić information content (AvgIpc) is 3.42. The number of pyridine rings is 1. The molecule has 2 atom stereocenters. The van der Waals surface area contributed by atoms with Crippen LogP contribution < -0.4 is 5.32 Å². The van der Waals surface area contributed by atoms with Crippen molar-refractivity contribution in [1.82, 2.24) is 14.9 Å². The largest absolute Gasteiger partial charge is 0.355 e. The highest BCUT2D eigenvalue weighted by molar-refractivity contribution is 15.0. The van der Waals surface area contributed by atoms with E-state index in [-0.39, 0.29) is 11.9 Å². The van der Waals surface area contributed by atoms with E-state index in [1.54, 1.807) is 29.6 Å². The van der Waals surface area contributed by atoms with Crippen molar-refractivity contribution in [2.24, 2.45) is 0 Å². The topological polar surface area (TPSA) is 58.1 Å². The van der Waals surface area contributed by atoms with Gasteiger partial charge in [0, 0.05) is 84.8 Å². The smallest absolute Gasteiger partial charge is 0.219 e. The summed E-state index contributed by atoms with van der Waals surface area (Å²) in [6.45, 7) is 4.71. The van der Waals surface area contributed by atoms with E-state index in [1.807, 2.05) is 22.7 Å². The minimum absolute atomic E-state index is 0.168. The lowest BCUT2D eigenvalue weighted by Crippen LogP contribution is -2.44. The summed E-state index contributed by atoms with van der Waals surface area (Å²) in [5, 5.41) is 4.69. The fourth-order valence-corrected chi connectivity index (χ4v) is 6.23. The quantitative estimate of drug-likeness (QED) is 0.228. The van der Waals surface area contributed by atoms with Crippen molar-refractivity contribution in [2.75, 3.05) is 11.9 Å². The second-order valence-electron chi connectivity index (χ2n) is 7.59. The third-order valence-corrected chi connectivity index (χ3v) is 7.81. The van der Waals surface area contributed by atoms with Crippen molar-refractivity contribution in [3.05, 3.63) is 46.9 Å². The third kappa shape index (κ3) is 4.83. The summed E-state index contributed by atoms with van der Waals surface area (Å²) in [5.41, 5.74) is 4.97. The maximum Gasteiger partial charge on any atom is 0.219 e. The number of nitrogens with one attached hydrogen (secondary N) is 1. The van der Waals surface area contributed by atoms with Gasteiger partial charge in [-0.15, -0.1) is 22.7 Å². The molecular weight excluding hydrogens is 654 g/mol. The second kappa shape index (κ2) is 10.3. The molecule has 0 radical (unpaired) electrons. The van der Waals surface area contributed by atoms with Gasteiger partial charge in [0.2, 0.25) is 5.91 Å². The normalized spacial score (nSPS) is 18.6. The molecule has 2 unspecified atom stereocenters. The monoisotopic (exact) mass is 676 g/mol.